The van der Waals surface area contributed by atoms with Gasteiger partial charge in [-0.1, -0.05) is 0 Å². The summed E-state index contributed by atoms with van der Waals surface area (Å²) in [6, 6.07) is 4.52. The average molecular weight is 365 g/mol. The summed E-state index contributed by atoms with van der Waals surface area (Å²) in [7, 11) is 1.92. The molecule has 0 aromatic heterocycles. The molecule has 1 heterocycles. The van der Waals surface area contributed by atoms with E-state index in [2.05, 4.69) is 9.64 Å². The van der Waals surface area contributed by atoms with Crippen LogP contribution in [-0.4, -0.2) is 35.1 Å². The molecule has 0 radical (unpaired) electrons. The fourth-order valence-corrected chi connectivity index (χ4v) is 4.07. The third-order valence-corrected chi connectivity index (χ3v) is 5.31. The minimum atomic E-state index is -4.91. The van der Waals surface area contributed by atoms with Gasteiger partial charge in [-0.3, -0.25) is 4.90 Å². The first-order valence-corrected chi connectivity index (χ1v) is 8.33. The Kier molecular flexibility index (Phi) is 3.63. The van der Waals surface area contributed by atoms with Crippen molar-refractivity contribution < 1.29 is 28.1 Å². The fraction of sp³-hybridized carbons (Fsp3) is 0.368. The van der Waals surface area contributed by atoms with Crippen molar-refractivity contribution in [3.63, 3.8) is 0 Å². The summed E-state index contributed by atoms with van der Waals surface area (Å²) in [6.07, 6.45) is -3.70. The highest BCUT2D eigenvalue weighted by atomic mass is 19.4. The van der Waals surface area contributed by atoms with Crippen molar-refractivity contribution in [3.05, 3.63) is 40.5 Å². The summed E-state index contributed by atoms with van der Waals surface area (Å²) in [4.78, 5) is 2.08. The lowest BCUT2D eigenvalue weighted by molar-refractivity contribution is -0.274. The zero-order chi connectivity index (χ0) is 18.8. The summed E-state index contributed by atoms with van der Waals surface area (Å²) in [5.74, 6) is -0.982. The van der Waals surface area contributed by atoms with E-state index in [9.17, 15) is 23.4 Å². The van der Waals surface area contributed by atoms with Crippen LogP contribution in [0.1, 0.15) is 28.3 Å². The smallest absolute Gasteiger partial charge is 0.508 e. The molecule has 2 aromatic carbocycles. The van der Waals surface area contributed by atoms with Gasteiger partial charge >= 0.3 is 6.36 Å². The third kappa shape index (κ3) is 2.58. The molecule has 7 heteroatoms. The van der Waals surface area contributed by atoms with Crippen LogP contribution < -0.4 is 4.74 Å². The van der Waals surface area contributed by atoms with Crippen LogP contribution in [-0.2, 0) is 12.8 Å². The molecule has 26 heavy (non-hydrogen) atoms. The Morgan fingerprint density at radius 1 is 1.12 bits per heavy atom. The predicted molar refractivity (Wildman–Crippen MR) is 89.4 cm³/mol. The number of aryl methyl sites for hydroxylation is 1. The molecule has 0 bridgehead atoms. The number of hydrogen-bond donors (Lipinski definition) is 2. The molecule has 0 amide bonds. The molecular formula is C19H18F3NO3. The second kappa shape index (κ2) is 5.54. The molecular weight excluding hydrogens is 347 g/mol. The van der Waals surface area contributed by atoms with E-state index in [0.717, 1.165) is 23.2 Å². The van der Waals surface area contributed by atoms with Gasteiger partial charge in [0, 0.05) is 18.2 Å². The number of rotatable bonds is 1. The molecule has 1 unspecified atom stereocenters. The van der Waals surface area contributed by atoms with E-state index < -0.39 is 17.9 Å². The first-order valence-electron chi connectivity index (χ1n) is 8.33. The number of phenols is 2. The van der Waals surface area contributed by atoms with Crippen LogP contribution in [0.15, 0.2) is 18.2 Å². The van der Waals surface area contributed by atoms with E-state index in [4.69, 9.17) is 0 Å². The summed E-state index contributed by atoms with van der Waals surface area (Å²) >= 11 is 0. The van der Waals surface area contributed by atoms with Gasteiger partial charge in [0.1, 0.15) is 5.75 Å². The Balaban J connectivity index is 2.06. The van der Waals surface area contributed by atoms with E-state index in [-0.39, 0.29) is 17.4 Å². The van der Waals surface area contributed by atoms with Crippen LogP contribution in [0, 0.1) is 6.92 Å². The molecule has 1 aliphatic heterocycles. The van der Waals surface area contributed by atoms with Crippen molar-refractivity contribution in [2.75, 3.05) is 13.6 Å². The lowest BCUT2D eigenvalue weighted by Crippen LogP contribution is -2.36. The number of fused-ring (bicyclic) bond motifs is 2. The van der Waals surface area contributed by atoms with Crippen molar-refractivity contribution in [2.24, 2.45) is 0 Å². The molecule has 0 fully saturated rings. The van der Waals surface area contributed by atoms with Gasteiger partial charge in [0.15, 0.2) is 11.5 Å². The average Bonchev–Trinajstić information content (AvgIpc) is 2.54. The SMILES string of the molecule is Cc1cc2c(cc1O)CC1c3c(cc(O)c(OC(F)(F)F)c3-2)CCN1C. The van der Waals surface area contributed by atoms with Crippen LogP contribution in [0.4, 0.5) is 13.2 Å². The number of ether oxygens (including phenoxy) is 1. The second-order valence-electron chi connectivity index (χ2n) is 6.97. The first-order chi connectivity index (χ1) is 12.2. The molecule has 2 aromatic rings. The normalized spacial score (nSPS) is 19.0. The second-order valence-corrected chi connectivity index (χ2v) is 6.97. The van der Waals surface area contributed by atoms with Gasteiger partial charge in [-0.05, 0) is 72.8 Å². The van der Waals surface area contributed by atoms with E-state index in [0.29, 0.717) is 24.0 Å². The maximum absolute atomic E-state index is 13.0. The summed E-state index contributed by atoms with van der Waals surface area (Å²) in [5, 5.41) is 20.3. The monoisotopic (exact) mass is 365 g/mol. The number of phenolic OH excluding ortho intramolecular Hbond substituents is 2. The molecule has 0 spiro atoms. The number of likely N-dealkylation sites (N-methyl/N-ethyl adjacent to an activating group) is 1. The molecule has 1 atom stereocenters. The number of alkyl halides is 3. The summed E-state index contributed by atoms with van der Waals surface area (Å²) in [6.45, 7) is 2.43. The lowest BCUT2D eigenvalue weighted by Gasteiger charge is -2.40. The standard InChI is InChI=1S/C19H18F3NO3/c1-9-5-12-11(8-14(9)24)6-13-16-10(3-4-23(13)2)7-15(25)18(17(12)16)26-19(20,21)22/h5,7-8,13,24-25H,3-4,6H2,1-2H3. The minimum absolute atomic E-state index is 0.101. The lowest BCUT2D eigenvalue weighted by atomic mass is 9.76. The van der Waals surface area contributed by atoms with Crippen LogP contribution in [0.5, 0.6) is 17.2 Å². The Morgan fingerprint density at radius 3 is 2.50 bits per heavy atom. The molecule has 4 rings (SSSR count). The highest BCUT2D eigenvalue weighted by molar-refractivity contribution is 5.84. The summed E-state index contributed by atoms with van der Waals surface area (Å²) < 4.78 is 43.2. The van der Waals surface area contributed by atoms with Gasteiger partial charge in [-0.15, -0.1) is 13.2 Å². The topological polar surface area (TPSA) is 52.9 Å². The Morgan fingerprint density at radius 2 is 1.81 bits per heavy atom. The van der Waals surface area contributed by atoms with Gasteiger partial charge < -0.3 is 14.9 Å². The van der Waals surface area contributed by atoms with Gasteiger partial charge in [-0.25, -0.2) is 0 Å². The Hall–Kier alpha value is -2.41. The van der Waals surface area contributed by atoms with E-state index in [1.165, 1.54) is 6.07 Å². The highest BCUT2D eigenvalue weighted by Crippen LogP contribution is 2.53. The number of nitrogens with zero attached hydrogens (tertiary/aromatic N) is 1. The minimum Gasteiger partial charge on any atom is -0.508 e. The number of benzene rings is 2. The van der Waals surface area contributed by atoms with Gasteiger partial charge in [0.2, 0.25) is 0 Å². The first kappa shape index (κ1) is 17.0. The molecule has 0 saturated carbocycles. The Bertz CT molecular complexity index is 908. The third-order valence-electron chi connectivity index (χ3n) is 5.31. The number of hydrogen-bond acceptors (Lipinski definition) is 4. The quantitative estimate of drug-likeness (QED) is 0.800. The number of aromatic hydroxyl groups is 2. The molecule has 0 saturated heterocycles. The number of halogens is 3. The van der Waals surface area contributed by atoms with Gasteiger partial charge in [-0.2, -0.15) is 0 Å². The summed E-state index contributed by atoms with van der Waals surface area (Å²) in [5.41, 5.74) is 3.75. The maximum Gasteiger partial charge on any atom is 0.573 e. The Labute approximate surface area is 148 Å². The van der Waals surface area contributed by atoms with Crippen LogP contribution in [0.25, 0.3) is 11.1 Å². The van der Waals surface area contributed by atoms with Crippen molar-refractivity contribution in [3.8, 4) is 28.4 Å². The van der Waals surface area contributed by atoms with Gasteiger partial charge in [0.05, 0.1) is 0 Å². The van der Waals surface area contributed by atoms with Gasteiger partial charge in [0.25, 0.3) is 0 Å². The fourth-order valence-electron chi connectivity index (χ4n) is 4.07. The van der Waals surface area contributed by atoms with Crippen molar-refractivity contribution in [1.29, 1.82) is 0 Å². The molecule has 1 aliphatic carbocycles. The van der Waals surface area contributed by atoms with E-state index in [1.54, 1.807) is 19.1 Å². The van der Waals surface area contributed by atoms with Crippen LogP contribution in [0.2, 0.25) is 0 Å². The van der Waals surface area contributed by atoms with Crippen molar-refractivity contribution >= 4 is 0 Å². The molecule has 138 valence electrons. The van der Waals surface area contributed by atoms with E-state index in [1.807, 2.05) is 7.05 Å². The largest absolute Gasteiger partial charge is 0.573 e. The predicted octanol–water partition coefficient (Wildman–Crippen LogP) is 4.06. The highest BCUT2D eigenvalue weighted by Gasteiger charge is 2.40. The van der Waals surface area contributed by atoms with Crippen molar-refractivity contribution in [1.82, 2.24) is 4.90 Å². The molecule has 2 aliphatic rings. The zero-order valence-electron chi connectivity index (χ0n) is 14.3. The van der Waals surface area contributed by atoms with E-state index >= 15 is 0 Å². The van der Waals surface area contributed by atoms with Crippen LogP contribution in [0.3, 0.4) is 0 Å². The molecule has 2 N–H and O–H groups in total. The molecule has 4 nitrogen and oxygen atoms in total. The zero-order valence-corrected chi connectivity index (χ0v) is 14.3. The van der Waals surface area contributed by atoms with Crippen molar-refractivity contribution in [2.45, 2.75) is 32.2 Å². The maximum atomic E-state index is 13.0. The van der Waals surface area contributed by atoms with Crippen LogP contribution >= 0.6 is 0 Å².